The molecule has 0 radical (unpaired) electrons. The van der Waals surface area contributed by atoms with Crippen LogP contribution < -0.4 is 0 Å². The minimum Gasteiger partial charge on any atom is -0.0848 e. The molecule has 2 saturated carbocycles. The molecule has 2 unspecified atom stereocenters. The van der Waals surface area contributed by atoms with Gasteiger partial charge in [0.1, 0.15) is 0 Å². The van der Waals surface area contributed by atoms with Crippen molar-refractivity contribution in [3.8, 4) is 0 Å². The van der Waals surface area contributed by atoms with Crippen LogP contribution in [0.25, 0.3) is 0 Å². The van der Waals surface area contributed by atoms with E-state index in [1.165, 1.54) is 57.8 Å². The Labute approximate surface area is 108 Å². The molecule has 0 aromatic rings. The highest BCUT2D eigenvalue weighted by Crippen LogP contribution is 2.53. The van der Waals surface area contributed by atoms with Crippen LogP contribution in [0.5, 0.6) is 0 Å². The molecular weight excluding hydrogens is 204 g/mol. The van der Waals surface area contributed by atoms with Gasteiger partial charge in [-0.1, -0.05) is 58.1 Å². The molecule has 0 N–H and O–H groups in total. The number of hydrogen-bond donors (Lipinski definition) is 0. The van der Waals surface area contributed by atoms with Crippen molar-refractivity contribution in [2.75, 3.05) is 0 Å². The Hall–Kier alpha value is -0.260. The molecule has 0 heteroatoms. The van der Waals surface area contributed by atoms with E-state index in [0.29, 0.717) is 5.41 Å². The molecule has 17 heavy (non-hydrogen) atoms. The molecule has 98 valence electrons. The summed E-state index contributed by atoms with van der Waals surface area (Å²) in [4.78, 5) is 0. The lowest BCUT2D eigenvalue weighted by atomic mass is 9.78. The van der Waals surface area contributed by atoms with Crippen molar-refractivity contribution < 1.29 is 0 Å². The summed E-state index contributed by atoms with van der Waals surface area (Å²) in [6.07, 6.45) is 15.4. The van der Waals surface area contributed by atoms with Gasteiger partial charge in [-0.25, -0.2) is 0 Å². The van der Waals surface area contributed by atoms with Crippen LogP contribution >= 0.6 is 0 Å². The van der Waals surface area contributed by atoms with Crippen molar-refractivity contribution in [1.82, 2.24) is 0 Å². The van der Waals surface area contributed by atoms with Crippen molar-refractivity contribution in [3.05, 3.63) is 11.6 Å². The molecule has 2 aliphatic rings. The number of rotatable bonds is 6. The molecular formula is C17H30. The van der Waals surface area contributed by atoms with Crippen LogP contribution in [0.15, 0.2) is 11.6 Å². The first-order valence-electron chi connectivity index (χ1n) is 7.83. The predicted octanol–water partition coefficient (Wildman–Crippen LogP) is 5.73. The topological polar surface area (TPSA) is 0 Å². The Bertz CT molecular complexity index is 272. The van der Waals surface area contributed by atoms with Gasteiger partial charge in [0.2, 0.25) is 0 Å². The second-order valence-electron chi connectivity index (χ2n) is 6.95. The van der Waals surface area contributed by atoms with E-state index in [2.05, 4.69) is 26.8 Å². The highest BCUT2D eigenvalue weighted by molar-refractivity contribution is 5.20. The monoisotopic (exact) mass is 234 g/mol. The lowest BCUT2D eigenvalue weighted by Crippen LogP contribution is -2.15. The van der Waals surface area contributed by atoms with E-state index in [9.17, 15) is 0 Å². The highest BCUT2D eigenvalue weighted by Gasteiger charge is 2.41. The van der Waals surface area contributed by atoms with Gasteiger partial charge in [0, 0.05) is 0 Å². The average Bonchev–Trinajstić information content (AvgIpc) is 3.00. The first-order valence-corrected chi connectivity index (χ1v) is 7.83. The van der Waals surface area contributed by atoms with Crippen LogP contribution in [-0.2, 0) is 0 Å². The summed E-state index contributed by atoms with van der Waals surface area (Å²) in [5, 5.41) is 0. The number of allylic oxidation sites excluding steroid dienone is 2. The molecule has 0 aromatic carbocycles. The standard InChI is InChI=1S/C17H30/c1-4-5-6-7-8-16-11-14(2)12-17(16,3)13-15-9-10-15/h8,14-15H,4-7,9-13H2,1-3H3. The summed E-state index contributed by atoms with van der Waals surface area (Å²) < 4.78 is 0. The summed E-state index contributed by atoms with van der Waals surface area (Å²) in [7, 11) is 0. The zero-order valence-electron chi connectivity index (χ0n) is 12.1. The second kappa shape index (κ2) is 5.59. The van der Waals surface area contributed by atoms with Crippen LogP contribution in [0, 0.1) is 17.3 Å². The van der Waals surface area contributed by atoms with E-state index in [0.717, 1.165) is 11.8 Å². The molecule has 0 amide bonds. The van der Waals surface area contributed by atoms with Gasteiger partial charge in [-0.3, -0.25) is 0 Å². The van der Waals surface area contributed by atoms with Gasteiger partial charge < -0.3 is 0 Å². The third kappa shape index (κ3) is 3.60. The van der Waals surface area contributed by atoms with Crippen LogP contribution in [0.3, 0.4) is 0 Å². The zero-order chi connectivity index (χ0) is 12.3. The van der Waals surface area contributed by atoms with Crippen molar-refractivity contribution in [2.24, 2.45) is 17.3 Å². The average molecular weight is 234 g/mol. The Kier molecular flexibility index (Phi) is 4.33. The zero-order valence-corrected chi connectivity index (χ0v) is 12.1. The summed E-state index contributed by atoms with van der Waals surface area (Å²) in [6, 6.07) is 0. The molecule has 0 aliphatic heterocycles. The molecule has 0 nitrogen and oxygen atoms in total. The number of hydrogen-bond acceptors (Lipinski definition) is 0. The van der Waals surface area contributed by atoms with E-state index >= 15 is 0 Å². The molecule has 2 fully saturated rings. The quantitative estimate of drug-likeness (QED) is 0.407. The second-order valence-corrected chi connectivity index (χ2v) is 6.95. The third-order valence-electron chi connectivity index (χ3n) is 4.78. The minimum atomic E-state index is 0.576. The predicted molar refractivity (Wildman–Crippen MR) is 76.1 cm³/mol. The van der Waals surface area contributed by atoms with Gasteiger partial charge in [0.05, 0.1) is 0 Å². The van der Waals surface area contributed by atoms with E-state index < -0.39 is 0 Å². The normalized spacial score (nSPS) is 35.7. The fourth-order valence-electron chi connectivity index (χ4n) is 3.77. The van der Waals surface area contributed by atoms with Crippen LogP contribution in [-0.4, -0.2) is 0 Å². The SMILES string of the molecule is CCCCCC=C1CC(C)CC1(C)CC1CC1. The molecule has 2 atom stereocenters. The summed E-state index contributed by atoms with van der Waals surface area (Å²) in [5.41, 5.74) is 2.39. The Morgan fingerprint density at radius 3 is 2.71 bits per heavy atom. The summed E-state index contributed by atoms with van der Waals surface area (Å²) in [5.74, 6) is 2.00. The van der Waals surface area contributed by atoms with Gasteiger partial charge in [-0.05, 0) is 49.4 Å². The maximum atomic E-state index is 2.61. The smallest absolute Gasteiger partial charge is 0.0111 e. The maximum absolute atomic E-state index is 2.61. The highest BCUT2D eigenvalue weighted by atomic mass is 14.5. The summed E-state index contributed by atoms with van der Waals surface area (Å²) in [6.45, 7) is 7.28. The first-order chi connectivity index (χ1) is 8.14. The van der Waals surface area contributed by atoms with Crippen molar-refractivity contribution in [2.45, 2.75) is 78.6 Å². The van der Waals surface area contributed by atoms with Crippen LogP contribution in [0.1, 0.15) is 78.6 Å². The van der Waals surface area contributed by atoms with Crippen LogP contribution in [0.2, 0.25) is 0 Å². The van der Waals surface area contributed by atoms with Gasteiger partial charge >= 0.3 is 0 Å². The summed E-state index contributed by atoms with van der Waals surface area (Å²) >= 11 is 0. The fourth-order valence-corrected chi connectivity index (χ4v) is 3.77. The van der Waals surface area contributed by atoms with E-state index in [1.807, 2.05) is 5.57 Å². The first kappa shape index (κ1) is 13.2. The third-order valence-corrected chi connectivity index (χ3v) is 4.78. The Morgan fingerprint density at radius 1 is 1.29 bits per heavy atom. The molecule has 0 bridgehead atoms. The van der Waals surface area contributed by atoms with Gasteiger partial charge in [-0.2, -0.15) is 0 Å². The molecule has 2 rings (SSSR count). The van der Waals surface area contributed by atoms with Crippen molar-refractivity contribution >= 4 is 0 Å². The molecule has 0 heterocycles. The largest absolute Gasteiger partial charge is 0.0848 e. The number of unbranched alkanes of at least 4 members (excludes halogenated alkanes) is 3. The maximum Gasteiger partial charge on any atom is -0.0111 e. The van der Waals surface area contributed by atoms with Crippen molar-refractivity contribution in [3.63, 3.8) is 0 Å². The fraction of sp³-hybridized carbons (Fsp3) is 0.882. The van der Waals surface area contributed by atoms with E-state index in [1.54, 1.807) is 0 Å². The van der Waals surface area contributed by atoms with Gasteiger partial charge in [-0.15, -0.1) is 0 Å². The molecule has 0 saturated heterocycles. The van der Waals surface area contributed by atoms with Crippen LogP contribution in [0.4, 0.5) is 0 Å². The van der Waals surface area contributed by atoms with Crippen molar-refractivity contribution in [1.29, 1.82) is 0 Å². The Balaban J connectivity index is 1.92. The van der Waals surface area contributed by atoms with E-state index in [4.69, 9.17) is 0 Å². The molecule has 0 spiro atoms. The minimum absolute atomic E-state index is 0.576. The van der Waals surface area contributed by atoms with Gasteiger partial charge in [0.15, 0.2) is 0 Å². The molecule has 2 aliphatic carbocycles. The molecule has 0 aromatic heterocycles. The van der Waals surface area contributed by atoms with Gasteiger partial charge in [0.25, 0.3) is 0 Å². The van der Waals surface area contributed by atoms with E-state index in [-0.39, 0.29) is 0 Å². The lowest BCUT2D eigenvalue weighted by Gasteiger charge is -2.26. The Morgan fingerprint density at radius 2 is 2.06 bits per heavy atom. The lowest BCUT2D eigenvalue weighted by molar-refractivity contribution is 0.330.